The molecule has 0 bridgehead atoms. The van der Waals surface area contributed by atoms with Crippen molar-refractivity contribution in [1.82, 2.24) is 4.72 Å². The fourth-order valence-corrected chi connectivity index (χ4v) is 1.97. The van der Waals surface area contributed by atoms with Crippen molar-refractivity contribution in [3.05, 3.63) is 47.0 Å². The van der Waals surface area contributed by atoms with E-state index in [1.807, 2.05) is 20.8 Å². The van der Waals surface area contributed by atoms with E-state index in [-0.39, 0.29) is 17.8 Å². The summed E-state index contributed by atoms with van der Waals surface area (Å²) in [5.41, 5.74) is 0.561. The number of nitrogens with zero attached hydrogens (tertiary/aromatic N) is 1. The molecular weight excluding hydrogens is 264 g/mol. The van der Waals surface area contributed by atoms with E-state index >= 15 is 0 Å². The van der Waals surface area contributed by atoms with Gasteiger partial charge in [-0.25, -0.2) is 0 Å². The Balaban J connectivity index is 0.00000154. The number of aliphatic hydroxyl groups excluding tert-OH is 1. The van der Waals surface area contributed by atoms with Crippen molar-refractivity contribution in [3.63, 3.8) is 0 Å². The molecule has 1 aromatic carbocycles. The third-order valence-electron chi connectivity index (χ3n) is 1.87. The van der Waals surface area contributed by atoms with Gasteiger partial charge < -0.3 is 5.11 Å². The van der Waals surface area contributed by atoms with E-state index in [0.717, 1.165) is 0 Å². The highest BCUT2D eigenvalue weighted by molar-refractivity contribution is 7.97. The van der Waals surface area contributed by atoms with Crippen molar-refractivity contribution in [2.75, 3.05) is 0 Å². The molecule has 19 heavy (non-hydrogen) atoms. The predicted molar refractivity (Wildman–Crippen MR) is 79.0 cm³/mol. The van der Waals surface area contributed by atoms with Gasteiger partial charge in [-0.1, -0.05) is 0 Å². The van der Waals surface area contributed by atoms with Crippen LogP contribution in [0.1, 0.15) is 26.3 Å². The minimum absolute atomic E-state index is 0.0453. The van der Waals surface area contributed by atoms with E-state index in [4.69, 9.17) is 5.11 Å². The molecule has 1 aromatic rings. The highest BCUT2D eigenvalue weighted by Gasteiger charge is 2.17. The smallest absolute Gasteiger partial charge is 0.284 e. The molecule has 5 nitrogen and oxygen atoms in total. The first-order valence-corrected chi connectivity index (χ1v) is 6.47. The molecule has 1 rings (SSSR count). The molecule has 0 aromatic heterocycles. The molecule has 106 valence electrons. The van der Waals surface area contributed by atoms with Gasteiger partial charge >= 0.3 is 0 Å². The molecule has 0 saturated heterocycles. The second kappa shape index (κ2) is 7.93. The zero-order valence-electron chi connectivity index (χ0n) is 11.5. The summed E-state index contributed by atoms with van der Waals surface area (Å²) in [5.74, 6) is 0. The maximum Gasteiger partial charge on any atom is 0.284 e. The molecule has 0 atom stereocenters. The van der Waals surface area contributed by atoms with E-state index < -0.39 is 4.92 Å². The molecule has 0 spiro atoms. The van der Waals surface area contributed by atoms with Crippen LogP contribution in [0.2, 0.25) is 0 Å². The van der Waals surface area contributed by atoms with E-state index in [1.165, 1.54) is 18.0 Å². The van der Waals surface area contributed by atoms with Crippen molar-refractivity contribution in [2.45, 2.75) is 37.8 Å². The number of nitro benzene ring substituents is 1. The number of nitrogens with one attached hydrogen (secondary N) is 1. The fraction of sp³-hybridized carbons (Fsp3) is 0.385. The monoisotopic (exact) mass is 284 g/mol. The first-order chi connectivity index (χ1) is 8.83. The molecular formula is C13H20N2O3S. The minimum atomic E-state index is -0.423. The second-order valence-electron chi connectivity index (χ2n) is 4.67. The van der Waals surface area contributed by atoms with Crippen LogP contribution in [-0.2, 0) is 6.61 Å². The highest BCUT2D eigenvalue weighted by atomic mass is 32.2. The van der Waals surface area contributed by atoms with Gasteiger partial charge in [-0.3, -0.25) is 14.8 Å². The molecule has 0 saturated carbocycles. The zero-order chi connectivity index (χ0) is 15.1. The zero-order valence-corrected chi connectivity index (χ0v) is 12.3. The Labute approximate surface area is 118 Å². The lowest BCUT2D eigenvalue weighted by atomic mass is 10.1. The summed E-state index contributed by atoms with van der Waals surface area (Å²) in [7, 11) is 0. The van der Waals surface area contributed by atoms with Crippen LogP contribution < -0.4 is 4.72 Å². The summed E-state index contributed by atoms with van der Waals surface area (Å²) >= 11 is 1.21. The van der Waals surface area contributed by atoms with E-state index in [2.05, 4.69) is 17.9 Å². The molecule has 0 unspecified atom stereocenters. The van der Waals surface area contributed by atoms with Gasteiger partial charge in [-0.2, -0.15) is 0 Å². The van der Waals surface area contributed by atoms with Crippen molar-refractivity contribution in [2.24, 2.45) is 0 Å². The summed E-state index contributed by atoms with van der Waals surface area (Å²) in [5, 5.41) is 19.9. The average Bonchev–Trinajstić information content (AvgIpc) is 2.37. The van der Waals surface area contributed by atoms with Gasteiger partial charge in [0.25, 0.3) is 5.69 Å². The molecule has 0 amide bonds. The van der Waals surface area contributed by atoms with Crippen molar-refractivity contribution < 1.29 is 10.0 Å². The van der Waals surface area contributed by atoms with Crippen LogP contribution in [0.5, 0.6) is 0 Å². The Morgan fingerprint density at radius 1 is 1.42 bits per heavy atom. The number of hydrogen-bond acceptors (Lipinski definition) is 5. The van der Waals surface area contributed by atoms with Crippen LogP contribution in [0.15, 0.2) is 36.3 Å². The van der Waals surface area contributed by atoms with E-state index in [1.54, 1.807) is 12.1 Å². The number of benzene rings is 1. The molecule has 6 heteroatoms. The molecule has 0 aliphatic rings. The average molecular weight is 284 g/mol. The highest BCUT2D eigenvalue weighted by Crippen LogP contribution is 2.29. The number of nitro groups is 1. The maximum atomic E-state index is 10.8. The van der Waals surface area contributed by atoms with Gasteiger partial charge in [0.2, 0.25) is 0 Å². The topological polar surface area (TPSA) is 75.4 Å². The van der Waals surface area contributed by atoms with Crippen molar-refractivity contribution in [3.8, 4) is 0 Å². The largest absolute Gasteiger partial charge is 0.392 e. The third-order valence-corrected chi connectivity index (χ3v) is 3.13. The quantitative estimate of drug-likeness (QED) is 0.384. The van der Waals surface area contributed by atoms with Gasteiger partial charge in [0.1, 0.15) is 4.90 Å². The molecule has 0 radical (unpaired) electrons. The first-order valence-electron chi connectivity index (χ1n) is 5.65. The molecule has 2 N–H and O–H groups in total. The molecule has 0 heterocycles. The Morgan fingerprint density at radius 2 is 2.00 bits per heavy atom. The number of rotatable bonds is 4. The Morgan fingerprint density at radius 3 is 2.42 bits per heavy atom. The van der Waals surface area contributed by atoms with Gasteiger partial charge in [-0.15, -0.1) is 13.2 Å². The van der Waals surface area contributed by atoms with Crippen LogP contribution >= 0.6 is 11.9 Å². The molecule has 0 aliphatic heterocycles. The normalized spacial score (nSPS) is 10.5. The Bertz CT molecular complexity index is 430. The number of hydrogen-bond donors (Lipinski definition) is 2. The van der Waals surface area contributed by atoms with Gasteiger partial charge in [0.05, 0.1) is 11.5 Å². The second-order valence-corrected chi connectivity index (χ2v) is 5.52. The number of aliphatic hydroxyl groups is 1. The van der Waals surface area contributed by atoms with Gasteiger partial charge in [0, 0.05) is 11.6 Å². The molecule has 0 fully saturated rings. The summed E-state index contributed by atoms with van der Waals surface area (Å²) < 4.78 is 3.12. The minimum Gasteiger partial charge on any atom is -0.392 e. The lowest BCUT2D eigenvalue weighted by Crippen LogP contribution is -2.29. The summed E-state index contributed by atoms with van der Waals surface area (Å²) in [6.45, 7) is 11.8. The Hall–Kier alpha value is -1.37. The summed E-state index contributed by atoms with van der Waals surface area (Å²) in [6, 6.07) is 4.60. The fourth-order valence-electron chi connectivity index (χ4n) is 1.10. The van der Waals surface area contributed by atoms with Gasteiger partial charge in [0.15, 0.2) is 0 Å². The van der Waals surface area contributed by atoms with Crippen LogP contribution in [-0.4, -0.2) is 15.6 Å². The predicted octanol–water partition coefficient (Wildman–Crippen LogP) is 3.28. The SMILES string of the molecule is C=C.CC(C)(C)NSc1cc(CO)ccc1[N+](=O)[O-]. The molecule has 0 aliphatic carbocycles. The maximum absolute atomic E-state index is 10.8. The van der Waals surface area contributed by atoms with Crippen molar-refractivity contribution in [1.29, 1.82) is 0 Å². The lowest BCUT2D eigenvalue weighted by Gasteiger charge is -2.19. The van der Waals surface area contributed by atoms with E-state index in [0.29, 0.717) is 10.5 Å². The van der Waals surface area contributed by atoms with Crippen LogP contribution in [0.3, 0.4) is 0 Å². The standard InChI is InChI=1S/C11H16N2O3S.C2H4/c1-11(2,3)12-17-10-6-8(7-14)4-5-9(10)13(15)16;1-2/h4-6,12,14H,7H2,1-3H3;1-2H2. The lowest BCUT2D eigenvalue weighted by molar-refractivity contribution is -0.387. The summed E-state index contributed by atoms with van der Waals surface area (Å²) in [4.78, 5) is 10.9. The Kier molecular flexibility index (Phi) is 7.36. The van der Waals surface area contributed by atoms with E-state index in [9.17, 15) is 10.1 Å². The first kappa shape index (κ1) is 17.6. The summed E-state index contributed by atoms with van der Waals surface area (Å²) in [6.07, 6.45) is 0. The van der Waals surface area contributed by atoms with Gasteiger partial charge in [-0.05, 0) is 50.4 Å². The van der Waals surface area contributed by atoms with Crippen LogP contribution in [0, 0.1) is 10.1 Å². The van der Waals surface area contributed by atoms with Crippen LogP contribution in [0.25, 0.3) is 0 Å². The third kappa shape index (κ3) is 6.37. The van der Waals surface area contributed by atoms with Crippen molar-refractivity contribution >= 4 is 17.6 Å². The van der Waals surface area contributed by atoms with Crippen LogP contribution in [0.4, 0.5) is 5.69 Å².